The molecule has 0 heterocycles. The first-order valence-electron chi connectivity index (χ1n) is 8.23. The molecule has 0 radical (unpaired) electrons. The highest BCUT2D eigenvalue weighted by molar-refractivity contribution is 14.0. The van der Waals surface area contributed by atoms with Crippen LogP contribution in [0, 0.1) is 5.82 Å². The number of nitrogens with one attached hydrogen (secondary N) is 3. The third kappa shape index (κ3) is 8.47. The van der Waals surface area contributed by atoms with Crippen LogP contribution in [0.2, 0.25) is 0 Å². The molecular weight excluding hydrogens is 422 g/mol. The molecule has 24 heavy (non-hydrogen) atoms. The molecule has 7 heteroatoms. The highest BCUT2D eigenvalue weighted by atomic mass is 127. The Morgan fingerprint density at radius 2 is 2.12 bits per heavy atom. The van der Waals surface area contributed by atoms with Crippen molar-refractivity contribution in [1.29, 1.82) is 0 Å². The highest BCUT2D eigenvalue weighted by Crippen LogP contribution is 2.18. The van der Waals surface area contributed by atoms with Crippen molar-refractivity contribution in [1.82, 2.24) is 16.0 Å². The van der Waals surface area contributed by atoms with Gasteiger partial charge in [0.15, 0.2) is 5.96 Å². The van der Waals surface area contributed by atoms with Crippen LogP contribution >= 0.6 is 24.0 Å². The van der Waals surface area contributed by atoms with Crippen LogP contribution in [0.15, 0.2) is 29.3 Å². The van der Waals surface area contributed by atoms with Crippen LogP contribution in [0.5, 0.6) is 0 Å². The minimum Gasteiger partial charge on any atom is -0.357 e. The maximum Gasteiger partial charge on any atom is 0.220 e. The number of aliphatic imine (C=N–C) groups is 1. The number of nitrogens with zero attached hydrogens (tertiary/aromatic N) is 1. The van der Waals surface area contributed by atoms with E-state index >= 15 is 0 Å². The van der Waals surface area contributed by atoms with Crippen molar-refractivity contribution in [3.63, 3.8) is 0 Å². The van der Waals surface area contributed by atoms with E-state index in [9.17, 15) is 9.18 Å². The Morgan fingerprint density at radius 3 is 2.79 bits per heavy atom. The molecule has 0 bridgehead atoms. The highest BCUT2D eigenvalue weighted by Gasteiger charge is 2.22. The molecule has 2 rings (SSSR count). The molecule has 1 aromatic carbocycles. The monoisotopic (exact) mass is 448 g/mol. The average Bonchev–Trinajstić information content (AvgIpc) is 3.33. The molecule has 1 aromatic rings. The smallest absolute Gasteiger partial charge is 0.220 e. The number of benzene rings is 1. The molecule has 3 N–H and O–H groups in total. The summed E-state index contributed by atoms with van der Waals surface area (Å²) in [5, 5.41) is 9.31. The fraction of sp³-hybridized carbons (Fsp3) is 0.529. The number of hydrogen-bond donors (Lipinski definition) is 3. The second-order valence-electron chi connectivity index (χ2n) is 5.70. The Kier molecular flexibility index (Phi) is 9.66. The molecule has 0 aromatic heterocycles. The van der Waals surface area contributed by atoms with Crippen LogP contribution in [0.4, 0.5) is 4.39 Å². The van der Waals surface area contributed by atoms with E-state index in [1.807, 2.05) is 13.0 Å². The standard InChI is InChI=1S/C17H25FN4O.HI/c1-2-19-17(21-12-13-5-3-6-14(18)11-13)20-10-4-7-16(23)22-15-8-9-15;/h3,5-6,11,15H,2,4,7-10,12H2,1H3,(H,22,23)(H2,19,20,21);1H. The minimum atomic E-state index is -0.252. The van der Waals surface area contributed by atoms with E-state index < -0.39 is 0 Å². The van der Waals surface area contributed by atoms with Gasteiger partial charge in [0.2, 0.25) is 5.91 Å². The SMILES string of the molecule is CCNC(=NCc1cccc(F)c1)NCCCC(=O)NC1CC1.I. The van der Waals surface area contributed by atoms with Crippen molar-refractivity contribution in [3.8, 4) is 0 Å². The van der Waals surface area contributed by atoms with Crippen molar-refractivity contribution in [3.05, 3.63) is 35.6 Å². The number of hydrogen-bond acceptors (Lipinski definition) is 2. The summed E-state index contributed by atoms with van der Waals surface area (Å²) in [5.41, 5.74) is 0.825. The van der Waals surface area contributed by atoms with Crippen molar-refractivity contribution >= 4 is 35.8 Å². The number of halogens is 2. The van der Waals surface area contributed by atoms with Crippen LogP contribution in [0.3, 0.4) is 0 Å². The first kappa shape index (κ1) is 20.7. The lowest BCUT2D eigenvalue weighted by atomic mass is 10.2. The van der Waals surface area contributed by atoms with Crippen molar-refractivity contribution in [2.75, 3.05) is 13.1 Å². The number of carbonyl (C=O) groups excluding carboxylic acids is 1. The lowest BCUT2D eigenvalue weighted by Gasteiger charge is -2.11. The van der Waals surface area contributed by atoms with E-state index in [1.165, 1.54) is 12.1 Å². The summed E-state index contributed by atoms with van der Waals surface area (Å²) >= 11 is 0. The summed E-state index contributed by atoms with van der Waals surface area (Å²) in [6.45, 7) is 3.82. The Balaban J connectivity index is 0.00000288. The van der Waals surface area contributed by atoms with Gasteiger partial charge >= 0.3 is 0 Å². The molecule has 1 saturated carbocycles. The molecule has 0 aliphatic heterocycles. The van der Waals surface area contributed by atoms with Crippen molar-refractivity contribution < 1.29 is 9.18 Å². The second-order valence-corrected chi connectivity index (χ2v) is 5.70. The zero-order chi connectivity index (χ0) is 16.5. The van der Waals surface area contributed by atoms with Crippen molar-refractivity contribution in [2.45, 2.75) is 45.2 Å². The number of amides is 1. The second kappa shape index (κ2) is 11.2. The van der Waals surface area contributed by atoms with Gasteiger partial charge in [-0.2, -0.15) is 0 Å². The molecule has 1 aliphatic rings. The molecule has 1 aliphatic carbocycles. The van der Waals surface area contributed by atoms with Gasteiger partial charge in [0.1, 0.15) is 5.82 Å². The number of carbonyl (C=O) groups is 1. The molecule has 0 saturated heterocycles. The summed E-state index contributed by atoms with van der Waals surface area (Å²) in [6, 6.07) is 6.84. The number of guanidine groups is 1. The van der Waals surface area contributed by atoms with Gasteiger partial charge in [-0.3, -0.25) is 4.79 Å². The van der Waals surface area contributed by atoms with Crippen molar-refractivity contribution in [2.24, 2.45) is 4.99 Å². The molecule has 1 fully saturated rings. The third-order valence-corrected chi connectivity index (χ3v) is 3.47. The van der Waals surface area contributed by atoms with Gasteiger partial charge in [-0.1, -0.05) is 12.1 Å². The lowest BCUT2D eigenvalue weighted by Crippen LogP contribution is -2.38. The zero-order valence-corrected chi connectivity index (χ0v) is 16.3. The molecule has 134 valence electrons. The van der Waals surface area contributed by atoms with E-state index in [4.69, 9.17) is 0 Å². The number of rotatable bonds is 8. The zero-order valence-electron chi connectivity index (χ0n) is 14.0. The molecule has 0 atom stereocenters. The Labute approximate surface area is 159 Å². The fourth-order valence-corrected chi connectivity index (χ4v) is 2.13. The van der Waals surface area contributed by atoms with E-state index in [2.05, 4.69) is 20.9 Å². The van der Waals surface area contributed by atoms with Gasteiger partial charge in [0.05, 0.1) is 6.54 Å². The summed E-state index contributed by atoms with van der Waals surface area (Å²) in [4.78, 5) is 16.0. The van der Waals surface area contributed by atoms with E-state index in [1.54, 1.807) is 6.07 Å². The maximum atomic E-state index is 13.1. The van der Waals surface area contributed by atoms with Gasteiger partial charge in [0, 0.05) is 25.6 Å². The average molecular weight is 448 g/mol. The van der Waals surface area contributed by atoms with Crippen LogP contribution in [0.25, 0.3) is 0 Å². The van der Waals surface area contributed by atoms with Gasteiger partial charge in [-0.25, -0.2) is 9.38 Å². The first-order valence-corrected chi connectivity index (χ1v) is 8.23. The van der Waals surface area contributed by atoms with E-state index in [0.29, 0.717) is 31.5 Å². The largest absolute Gasteiger partial charge is 0.357 e. The molecule has 0 unspecified atom stereocenters. The van der Waals surface area contributed by atoms with Gasteiger partial charge in [-0.05, 0) is 43.9 Å². The topological polar surface area (TPSA) is 65.5 Å². The quantitative estimate of drug-likeness (QED) is 0.248. The minimum absolute atomic E-state index is 0. The van der Waals surface area contributed by atoms with Crippen LogP contribution in [-0.4, -0.2) is 31.0 Å². The molecule has 0 spiro atoms. The summed E-state index contributed by atoms with van der Waals surface area (Å²) in [7, 11) is 0. The molecular formula is C17H26FIN4O. The fourth-order valence-electron chi connectivity index (χ4n) is 2.13. The normalized spacial score (nSPS) is 13.8. The lowest BCUT2D eigenvalue weighted by molar-refractivity contribution is -0.121. The van der Waals surface area contributed by atoms with E-state index in [-0.39, 0.29) is 35.7 Å². The van der Waals surface area contributed by atoms with Gasteiger partial charge in [-0.15, -0.1) is 24.0 Å². The van der Waals surface area contributed by atoms with E-state index in [0.717, 1.165) is 31.4 Å². The maximum absolute atomic E-state index is 13.1. The van der Waals surface area contributed by atoms with Gasteiger partial charge < -0.3 is 16.0 Å². The molecule has 1 amide bonds. The predicted octanol–water partition coefficient (Wildman–Crippen LogP) is 2.56. The van der Waals surface area contributed by atoms with Crippen LogP contribution < -0.4 is 16.0 Å². The summed E-state index contributed by atoms with van der Waals surface area (Å²) in [5.74, 6) is 0.549. The van der Waals surface area contributed by atoms with Gasteiger partial charge in [0.25, 0.3) is 0 Å². The Morgan fingerprint density at radius 1 is 1.33 bits per heavy atom. The predicted molar refractivity (Wildman–Crippen MR) is 105 cm³/mol. The third-order valence-electron chi connectivity index (χ3n) is 3.47. The Bertz CT molecular complexity index is 549. The molecule has 5 nitrogen and oxygen atoms in total. The first-order chi connectivity index (χ1) is 11.2. The Hall–Kier alpha value is -1.38. The summed E-state index contributed by atoms with van der Waals surface area (Å²) in [6.07, 6.45) is 3.50. The van der Waals surface area contributed by atoms with Crippen LogP contribution in [0.1, 0.15) is 38.2 Å². The summed E-state index contributed by atoms with van der Waals surface area (Å²) < 4.78 is 13.1. The van der Waals surface area contributed by atoms with Crippen LogP contribution in [-0.2, 0) is 11.3 Å².